The van der Waals surface area contributed by atoms with Gasteiger partial charge in [-0.1, -0.05) is 34.1 Å². The molecule has 0 amide bonds. The number of nitrogens with two attached hydrogens (primary N) is 1. The number of hydrogen-bond acceptors (Lipinski definition) is 3. The van der Waals surface area contributed by atoms with Gasteiger partial charge < -0.3 is 10.5 Å². The Kier molecular flexibility index (Phi) is 7.49. The molecule has 0 saturated heterocycles. The molecule has 20 heavy (non-hydrogen) atoms. The Morgan fingerprint density at radius 1 is 1.20 bits per heavy atom. The van der Waals surface area contributed by atoms with Gasteiger partial charge in [0.05, 0.1) is 6.61 Å². The Morgan fingerprint density at radius 2 is 1.90 bits per heavy atom. The van der Waals surface area contributed by atoms with E-state index < -0.39 is 0 Å². The third kappa shape index (κ3) is 4.71. The summed E-state index contributed by atoms with van der Waals surface area (Å²) < 4.78 is 5.52. The van der Waals surface area contributed by atoms with Crippen molar-refractivity contribution in [3.63, 3.8) is 0 Å². The van der Waals surface area contributed by atoms with Gasteiger partial charge in [-0.2, -0.15) is 0 Å². The normalized spacial score (nSPS) is 28.1. The molecule has 0 aliphatic heterocycles. The summed E-state index contributed by atoms with van der Waals surface area (Å²) >= 11 is 0. The molecular formula is C17H36N2O. The van der Waals surface area contributed by atoms with Gasteiger partial charge in [-0.3, -0.25) is 4.90 Å². The first-order valence-corrected chi connectivity index (χ1v) is 8.53. The molecule has 1 fully saturated rings. The van der Waals surface area contributed by atoms with Crippen molar-refractivity contribution >= 4 is 0 Å². The molecule has 3 nitrogen and oxygen atoms in total. The molecular weight excluding hydrogens is 248 g/mol. The van der Waals surface area contributed by atoms with Gasteiger partial charge in [-0.05, 0) is 44.1 Å². The molecule has 3 heteroatoms. The molecule has 1 aliphatic rings. The van der Waals surface area contributed by atoms with Crippen molar-refractivity contribution in [1.82, 2.24) is 4.90 Å². The predicted molar refractivity (Wildman–Crippen MR) is 86.9 cm³/mol. The van der Waals surface area contributed by atoms with Gasteiger partial charge in [0, 0.05) is 25.2 Å². The van der Waals surface area contributed by atoms with Crippen LogP contribution in [0.4, 0.5) is 0 Å². The van der Waals surface area contributed by atoms with Crippen LogP contribution < -0.4 is 5.73 Å². The number of rotatable bonds is 8. The summed E-state index contributed by atoms with van der Waals surface area (Å²) in [6.07, 6.45) is 4.97. The number of ether oxygens (including phenoxy) is 1. The van der Waals surface area contributed by atoms with E-state index in [2.05, 4.69) is 39.5 Å². The molecule has 120 valence electrons. The lowest BCUT2D eigenvalue weighted by molar-refractivity contribution is 0.0410. The molecule has 0 spiro atoms. The average molecular weight is 284 g/mol. The topological polar surface area (TPSA) is 38.5 Å². The number of likely N-dealkylation sites (N-methyl/N-ethyl adjacent to an activating group) is 1. The minimum atomic E-state index is 0.334. The SMILES string of the molecule is CCOCCN(CC)C1CC(C(C)(C)CC)CCC1N. The highest BCUT2D eigenvalue weighted by Gasteiger charge is 2.37. The minimum absolute atomic E-state index is 0.334. The molecule has 2 N–H and O–H groups in total. The van der Waals surface area contributed by atoms with Crippen LogP contribution in [0, 0.1) is 11.3 Å². The van der Waals surface area contributed by atoms with Crippen molar-refractivity contribution in [3.05, 3.63) is 0 Å². The molecule has 0 aromatic rings. The third-order valence-electron chi connectivity index (χ3n) is 5.49. The molecule has 0 aromatic carbocycles. The quantitative estimate of drug-likeness (QED) is 0.695. The minimum Gasteiger partial charge on any atom is -0.380 e. The summed E-state index contributed by atoms with van der Waals surface area (Å²) in [6.45, 7) is 15.2. The van der Waals surface area contributed by atoms with Gasteiger partial charge in [0.25, 0.3) is 0 Å². The highest BCUT2D eigenvalue weighted by molar-refractivity contribution is 4.93. The van der Waals surface area contributed by atoms with Crippen LogP contribution in [-0.4, -0.2) is 43.3 Å². The Hall–Kier alpha value is -0.120. The van der Waals surface area contributed by atoms with E-state index in [0.29, 0.717) is 17.5 Å². The van der Waals surface area contributed by atoms with Gasteiger partial charge in [0.2, 0.25) is 0 Å². The standard InChI is InChI=1S/C17H36N2O/c1-6-17(4,5)14-9-10-15(18)16(13-14)19(7-2)11-12-20-8-3/h14-16H,6-13,18H2,1-5H3. The molecule has 3 atom stereocenters. The average Bonchev–Trinajstić information content (AvgIpc) is 2.44. The Balaban J connectivity index is 2.64. The lowest BCUT2D eigenvalue weighted by atomic mass is 9.67. The largest absolute Gasteiger partial charge is 0.380 e. The zero-order valence-corrected chi connectivity index (χ0v) is 14.3. The summed E-state index contributed by atoms with van der Waals surface area (Å²) in [5.41, 5.74) is 6.87. The fraction of sp³-hybridized carbons (Fsp3) is 1.00. The summed E-state index contributed by atoms with van der Waals surface area (Å²) in [5, 5.41) is 0. The van der Waals surface area contributed by atoms with Crippen LogP contribution in [0.1, 0.15) is 60.3 Å². The molecule has 0 radical (unpaired) electrons. The Bertz CT molecular complexity index is 268. The van der Waals surface area contributed by atoms with Gasteiger partial charge in [-0.25, -0.2) is 0 Å². The first-order chi connectivity index (χ1) is 9.46. The highest BCUT2D eigenvalue weighted by atomic mass is 16.5. The Labute approximate surface area is 126 Å². The van der Waals surface area contributed by atoms with E-state index in [0.717, 1.165) is 32.2 Å². The van der Waals surface area contributed by atoms with Crippen LogP contribution in [0.3, 0.4) is 0 Å². The fourth-order valence-corrected chi connectivity index (χ4v) is 3.47. The van der Waals surface area contributed by atoms with Crippen molar-refractivity contribution in [2.75, 3.05) is 26.3 Å². The van der Waals surface area contributed by atoms with Crippen molar-refractivity contribution < 1.29 is 4.74 Å². The van der Waals surface area contributed by atoms with E-state index in [-0.39, 0.29) is 0 Å². The van der Waals surface area contributed by atoms with E-state index in [9.17, 15) is 0 Å². The van der Waals surface area contributed by atoms with Crippen LogP contribution in [0.25, 0.3) is 0 Å². The van der Waals surface area contributed by atoms with E-state index >= 15 is 0 Å². The van der Waals surface area contributed by atoms with E-state index in [4.69, 9.17) is 10.5 Å². The molecule has 0 heterocycles. The fourth-order valence-electron chi connectivity index (χ4n) is 3.47. The first kappa shape index (κ1) is 17.9. The second-order valence-electron chi connectivity index (χ2n) is 6.91. The van der Waals surface area contributed by atoms with Gasteiger partial charge in [0.1, 0.15) is 0 Å². The van der Waals surface area contributed by atoms with Crippen LogP contribution >= 0.6 is 0 Å². The summed E-state index contributed by atoms with van der Waals surface area (Å²) in [7, 11) is 0. The first-order valence-electron chi connectivity index (χ1n) is 8.53. The van der Waals surface area contributed by atoms with Gasteiger partial charge in [-0.15, -0.1) is 0 Å². The van der Waals surface area contributed by atoms with E-state index in [1.54, 1.807) is 0 Å². The highest BCUT2D eigenvalue weighted by Crippen LogP contribution is 2.41. The second-order valence-corrected chi connectivity index (χ2v) is 6.91. The van der Waals surface area contributed by atoms with Gasteiger partial charge >= 0.3 is 0 Å². The zero-order chi connectivity index (χ0) is 15.2. The summed E-state index contributed by atoms with van der Waals surface area (Å²) in [4.78, 5) is 2.54. The van der Waals surface area contributed by atoms with Crippen LogP contribution in [-0.2, 0) is 4.74 Å². The lowest BCUT2D eigenvalue weighted by Crippen LogP contribution is -2.53. The number of nitrogens with zero attached hydrogens (tertiary/aromatic N) is 1. The maximum Gasteiger partial charge on any atom is 0.0593 e. The maximum absolute atomic E-state index is 6.42. The maximum atomic E-state index is 6.42. The summed E-state index contributed by atoms with van der Waals surface area (Å²) in [5.74, 6) is 0.804. The smallest absolute Gasteiger partial charge is 0.0593 e. The van der Waals surface area contributed by atoms with Crippen molar-refractivity contribution in [2.45, 2.75) is 72.4 Å². The third-order valence-corrected chi connectivity index (χ3v) is 5.49. The van der Waals surface area contributed by atoms with Crippen molar-refractivity contribution in [2.24, 2.45) is 17.1 Å². The molecule has 1 rings (SSSR count). The van der Waals surface area contributed by atoms with Crippen molar-refractivity contribution in [1.29, 1.82) is 0 Å². The predicted octanol–water partition coefficient (Wildman–Crippen LogP) is 3.28. The molecule has 0 bridgehead atoms. The second kappa shape index (κ2) is 8.35. The van der Waals surface area contributed by atoms with E-state index in [1.165, 1.54) is 25.7 Å². The molecule has 1 saturated carbocycles. The Morgan fingerprint density at radius 3 is 2.45 bits per heavy atom. The van der Waals surface area contributed by atoms with Crippen molar-refractivity contribution in [3.8, 4) is 0 Å². The van der Waals surface area contributed by atoms with E-state index in [1.807, 2.05) is 0 Å². The molecule has 1 aliphatic carbocycles. The monoisotopic (exact) mass is 284 g/mol. The van der Waals surface area contributed by atoms with Crippen LogP contribution in [0.2, 0.25) is 0 Å². The molecule has 0 aromatic heterocycles. The lowest BCUT2D eigenvalue weighted by Gasteiger charge is -2.46. The summed E-state index contributed by atoms with van der Waals surface area (Å²) in [6, 6.07) is 0.866. The van der Waals surface area contributed by atoms with Crippen LogP contribution in [0.5, 0.6) is 0 Å². The molecule has 3 unspecified atom stereocenters. The van der Waals surface area contributed by atoms with Gasteiger partial charge in [0.15, 0.2) is 0 Å². The van der Waals surface area contributed by atoms with Crippen LogP contribution in [0.15, 0.2) is 0 Å². The zero-order valence-electron chi connectivity index (χ0n) is 14.3. The number of hydrogen-bond donors (Lipinski definition) is 1.